The number of ether oxygens (including phenoxy) is 2. The van der Waals surface area contributed by atoms with Gasteiger partial charge in [-0.05, 0) is 36.4 Å². The van der Waals surface area contributed by atoms with E-state index >= 15 is 0 Å². The lowest BCUT2D eigenvalue weighted by Gasteiger charge is -2.13. The maximum absolute atomic E-state index is 13.4. The fourth-order valence-corrected chi connectivity index (χ4v) is 3.36. The molecular weight excluding hydrogens is 440 g/mol. The van der Waals surface area contributed by atoms with E-state index in [0.29, 0.717) is 46.5 Å². The molecule has 0 saturated carbocycles. The molecule has 0 saturated heterocycles. The number of carbonyl (C=O) groups is 1. The quantitative estimate of drug-likeness (QED) is 0.382. The number of amides is 1. The molecule has 0 radical (unpaired) electrons. The van der Waals surface area contributed by atoms with Crippen molar-refractivity contribution in [2.75, 3.05) is 26.1 Å². The maximum Gasteiger partial charge on any atom is 0.311 e. The lowest BCUT2D eigenvalue weighted by molar-refractivity contribution is -0.118. The van der Waals surface area contributed by atoms with Crippen molar-refractivity contribution in [3.63, 3.8) is 0 Å². The van der Waals surface area contributed by atoms with E-state index in [1.54, 1.807) is 49.6 Å². The third kappa shape index (κ3) is 4.98. The standard InChI is InChI=1S/C23H24N6O5/c1-14(30)24-10-11-29-22-18(26-21(23(29)31)15-4-6-17(32-2)7-5-15)8-9-19(27-22)25-13-16-12-20(33-3)34-28-16/h4-9,12H,10-11,13H2,1-3H3,(H,24,30)(H,25,27). The first kappa shape index (κ1) is 22.8. The van der Waals surface area contributed by atoms with Crippen molar-refractivity contribution < 1.29 is 18.8 Å². The molecule has 0 aliphatic carbocycles. The van der Waals surface area contributed by atoms with Crippen LogP contribution in [0.25, 0.3) is 22.4 Å². The molecule has 0 atom stereocenters. The number of nitrogens with zero attached hydrogens (tertiary/aromatic N) is 4. The summed E-state index contributed by atoms with van der Waals surface area (Å²) >= 11 is 0. The molecule has 3 aromatic heterocycles. The fraction of sp³-hybridized carbons (Fsp3) is 0.261. The van der Waals surface area contributed by atoms with Gasteiger partial charge in [0, 0.05) is 31.6 Å². The molecule has 0 fully saturated rings. The number of methoxy groups -OCH3 is 2. The highest BCUT2D eigenvalue weighted by molar-refractivity contribution is 5.76. The molecule has 0 spiro atoms. The van der Waals surface area contributed by atoms with Crippen LogP contribution in [0.4, 0.5) is 5.82 Å². The SMILES string of the molecule is COc1ccc(-c2nc3ccc(NCc4cc(OC)on4)nc3n(CCNC(C)=O)c2=O)cc1. The summed E-state index contributed by atoms with van der Waals surface area (Å²) in [6.45, 7) is 2.28. The summed E-state index contributed by atoms with van der Waals surface area (Å²) in [6.07, 6.45) is 0. The highest BCUT2D eigenvalue weighted by atomic mass is 16.6. The average molecular weight is 464 g/mol. The number of nitrogens with one attached hydrogen (secondary N) is 2. The van der Waals surface area contributed by atoms with Gasteiger partial charge in [0.25, 0.3) is 5.56 Å². The average Bonchev–Trinajstić information content (AvgIpc) is 3.32. The lowest BCUT2D eigenvalue weighted by atomic mass is 10.1. The summed E-state index contributed by atoms with van der Waals surface area (Å²) in [6, 6.07) is 12.3. The van der Waals surface area contributed by atoms with Gasteiger partial charge < -0.3 is 24.6 Å². The minimum Gasteiger partial charge on any atom is -0.497 e. The van der Waals surface area contributed by atoms with Gasteiger partial charge in [0.2, 0.25) is 5.91 Å². The summed E-state index contributed by atoms with van der Waals surface area (Å²) < 4.78 is 16.7. The molecule has 0 bridgehead atoms. The zero-order valence-corrected chi connectivity index (χ0v) is 19.0. The van der Waals surface area contributed by atoms with Crippen molar-refractivity contribution in [3.8, 4) is 23.0 Å². The number of anilines is 1. The molecular formula is C23H24N6O5. The Morgan fingerprint density at radius 2 is 1.88 bits per heavy atom. The van der Waals surface area contributed by atoms with Gasteiger partial charge in [-0.25, -0.2) is 9.97 Å². The van der Waals surface area contributed by atoms with Gasteiger partial charge in [0.1, 0.15) is 28.5 Å². The predicted molar refractivity (Wildman–Crippen MR) is 125 cm³/mol. The molecule has 1 amide bonds. The Balaban J connectivity index is 1.71. The van der Waals surface area contributed by atoms with E-state index in [0.717, 1.165) is 0 Å². The third-order valence-electron chi connectivity index (χ3n) is 5.05. The molecule has 11 nitrogen and oxygen atoms in total. The van der Waals surface area contributed by atoms with Crippen molar-refractivity contribution in [2.45, 2.75) is 20.0 Å². The van der Waals surface area contributed by atoms with Crippen LogP contribution < -0.4 is 25.7 Å². The molecule has 11 heteroatoms. The number of benzene rings is 1. The summed E-state index contributed by atoms with van der Waals surface area (Å²) in [5.41, 5.74) is 2.21. The van der Waals surface area contributed by atoms with E-state index in [1.165, 1.54) is 18.6 Å². The minimum absolute atomic E-state index is 0.180. The molecule has 34 heavy (non-hydrogen) atoms. The number of hydrogen-bond donors (Lipinski definition) is 2. The topological polar surface area (TPSA) is 133 Å². The van der Waals surface area contributed by atoms with E-state index in [1.807, 2.05) is 0 Å². The highest BCUT2D eigenvalue weighted by Gasteiger charge is 2.15. The molecule has 4 aromatic rings. The van der Waals surface area contributed by atoms with Crippen LogP contribution in [-0.2, 0) is 17.9 Å². The largest absolute Gasteiger partial charge is 0.497 e. The van der Waals surface area contributed by atoms with E-state index in [-0.39, 0.29) is 30.2 Å². The Kier molecular flexibility index (Phi) is 6.72. The predicted octanol–water partition coefficient (Wildman–Crippen LogP) is 2.21. The number of hydrogen-bond acceptors (Lipinski definition) is 9. The van der Waals surface area contributed by atoms with E-state index in [4.69, 9.17) is 14.0 Å². The number of aromatic nitrogens is 4. The lowest BCUT2D eigenvalue weighted by Crippen LogP contribution is -2.31. The first-order valence-corrected chi connectivity index (χ1v) is 10.5. The molecule has 2 N–H and O–H groups in total. The Bertz CT molecular complexity index is 1360. The molecule has 4 rings (SSSR count). The second-order valence-corrected chi connectivity index (χ2v) is 7.36. The number of fused-ring (bicyclic) bond motifs is 1. The van der Waals surface area contributed by atoms with Crippen LogP contribution in [0.3, 0.4) is 0 Å². The van der Waals surface area contributed by atoms with Gasteiger partial charge in [-0.1, -0.05) is 5.16 Å². The van der Waals surface area contributed by atoms with Gasteiger partial charge in [-0.2, -0.15) is 0 Å². The molecule has 176 valence electrons. The summed E-state index contributed by atoms with van der Waals surface area (Å²) in [5, 5.41) is 9.78. The van der Waals surface area contributed by atoms with E-state index in [2.05, 4.69) is 25.8 Å². The molecule has 0 aliphatic heterocycles. The second kappa shape index (κ2) is 10.0. The minimum atomic E-state index is -0.311. The Hall–Kier alpha value is -4.41. The van der Waals surface area contributed by atoms with Crippen LogP contribution in [0.5, 0.6) is 11.7 Å². The number of carbonyl (C=O) groups excluding carboxylic acids is 1. The second-order valence-electron chi connectivity index (χ2n) is 7.36. The fourth-order valence-electron chi connectivity index (χ4n) is 3.36. The van der Waals surface area contributed by atoms with Crippen LogP contribution in [0.15, 0.2) is 51.8 Å². The van der Waals surface area contributed by atoms with E-state index in [9.17, 15) is 9.59 Å². The summed E-state index contributed by atoms with van der Waals surface area (Å²) in [5.74, 6) is 1.34. The van der Waals surface area contributed by atoms with Crippen LogP contribution in [0, 0.1) is 0 Å². The Morgan fingerprint density at radius 3 is 2.56 bits per heavy atom. The molecule has 3 heterocycles. The van der Waals surface area contributed by atoms with Crippen molar-refractivity contribution in [2.24, 2.45) is 0 Å². The number of rotatable bonds is 9. The number of pyridine rings is 1. The van der Waals surface area contributed by atoms with Crippen molar-refractivity contribution in [3.05, 3.63) is 58.5 Å². The van der Waals surface area contributed by atoms with Gasteiger partial charge in [0.15, 0.2) is 5.65 Å². The van der Waals surface area contributed by atoms with E-state index < -0.39 is 0 Å². The van der Waals surface area contributed by atoms with Gasteiger partial charge in [-0.15, -0.1) is 0 Å². The van der Waals surface area contributed by atoms with Gasteiger partial charge in [-0.3, -0.25) is 14.2 Å². The first-order chi connectivity index (χ1) is 16.5. The monoisotopic (exact) mass is 464 g/mol. The van der Waals surface area contributed by atoms with Gasteiger partial charge >= 0.3 is 5.95 Å². The third-order valence-corrected chi connectivity index (χ3v) is 5.05. The van der Waals surface area contributed by atoms with Crippen LogP contribution in [0.2, 0.25) is 0 Å². The van der Waals surface area contributed by atoms with Crippen LogP contribution in [0.1, 0.15) is 12.6 Å². The van der Waals surface area contributed by atoms with Crippen molar-refractivity contribution in [1.29, 1.82) is 0 Å². The Morgan fingerprint density at radius 1 is 1.09 bits per heavy atom. The van der Waals surface area contributed by atoms with Gasteiger partial charge in [0.05, 0.1) is 20.8 Å². The molecule has 0 unspecified atom stereocenters. The smallest absolute Gasteiger partial charge is 0.311 e. The van der Waals surface area contributed by atoms with Crippen LogP contribution in [-0.4, -0.2) is 46.4 Å². The zero-order chi connectivity index (χ0) is 24.1. The highest BCUT2D eigenvalue weighted by Crippen LogP contribution is 2.21. The van der Waals surface area contributed by atoms with Crippen molar-refractivity contribution >= 4 is 22.9 Å². The zero-order valence-electron chi connectivity index (χ0n) is 19.0. The Labute approximate surface area is 194 Å². The molecule has 0 aliphatic rings. The summed E-state index contributed by atoms with van der Waals surface area (Å²) in [4.78, 5) is 33.9. The maximum atomic E-state index is 13.4. The normalized spacial score (nSPS) is 10.8. The first-order valence-electron chi connectivity index (χ1n) is 10.5. The summed E-state index contributed by atoms with van der Waals surface area (Å²) in [7, 11) is 3.07. The van der Waals surface area contributed by atoms with Crippen molar-refractivity contribution in [1.82, 2.24) is 25.0 Å². The molecule has 1 aromatic carbocycles. The van der Waals surface area contributed by atoms with Crippen LogP contribution >= 0.6 is 0 Å².